The van der Waals surface area contributed by atoms with Crippen molar-refractivity contribution in [3.63, 3.8) is 0 Å². The van der Waals surface area contributed by atoms with Gasteiger partial charge in [0, 0.05) is 26.3 Å². The minimum Gasteiger partial charge on any atom is -0.493 e. The van der Waals surface area contributed by atoms with Crippen LogP contribution in [0, 0.1) is 0 Å². The van der Waals surface area contributed by atoms with Crippen LogP contribution >= 0.6 is 39.1 Å². The number of hydrogen-bond donors (Lipinski definition) is 2. The molecule has 0 radical (unpaired) electrons. The second-order valence-electron chi connectivity index (χ2n) is 8.84. The summed E-state index contributed by atoms with van der Waals surface area (Å²) in [6, 6.07) is 18.6. The molecule has 13 heteroatoms. The minimum absolute atomic E-state index is 0.156. The zero-order valence-corrected chi connectivity index (χ0v) is 26.5. The van der Waals surface area contributed by atoms with Crippen LogP contribution in [-0.4, -0.2) is 45.3 Å². The molecule has 0 saturated carbocycles. The Bertz CT molecular complexity index is 1740. The van der Waals surface area contributed by atoms with Gasteiger partial charge in [-0.1, -0.05) is 45.2 Å². The lowest BCUT2D eigenvalue weighted by Crippen LogP contribution is -2.18. The van der Waals surface area contributed by atoms with Gasteiger partial charge in [0.2, 0.25) is 5.75 Å². The third-order valence-electron chi connectivity index (χ3n) is 6.00. The fourth-order valence-electron chi connectivity index (χ4n) is 3.91. The first-order valence-corrected chi connectivity index (χ1v) is 14.2. The summed E-state index contributed by atoms with van der Waals surface area (Å²) in [6.07, 6.45) is 1.33. The minimum atomic E-state index is -0.691. The summed E-state index contributed by atoms with van der Waals surface area (Å²) in [7, 11) is 4.33. The summed E-state index contributed by atoms with van der Waals surface area (Å²) in [5, 5.41) is 7.32. The van der Waals surface area contributed by atoms with Crippen LogP contribution < -0.4 is 29.7 Å². The molecule has 226 valence electrons. The van der Waals surface area contributed by atoms with Gasteiger partial charge < -0.3 is 24.3 Å². The Morgan fingerprint density at radius 2 is 1.52 bits per heavy atom. The fourth-order valence-corrected chi connectivity index (χ4v) is 4.78. The lowest BCUT2D eigenvalue weighted by atomic mass is 10.1. The smallest absolute Gasteiger partial charge is 0.343 e. The van der Waals surface area contributed by atoms with E-state index in [0.717, 1.165) is 0 Å². The van der Waals surface area contributed by atoms with Crippen molar-refractivity contribution in [3.8, 4) is 23.0 Å². The van der Waals surface area contributed by atoms with Crippen molar-refractivity contribution in [3.05, 3.63) is 110 Å². The maximum Gasteiger partial charge on any atom is 0.343 e. The molecule has 10 nitrogen and oxygen atoms in total. The first-order chi connectivity index (χ1) is 21.1. The number of methoxy groups -OCH3 is 3. The van der Waals surface area contributed by atoms with Crippen LogP contribution in [0.25, 0.3) is 0 Å². The Morgan fingerprint density at radius 3 is 2.18 bits per heavy atom. The van der Waals surface area contributed by atoms with Crippen molar-refractivity contribution in [1.29, 1.82) is 0 Å². The van der Waals surface area contributed by atoms with E-state index in [4.69, 9.17) is 42.1 Å². The summed E-state index contributed by atoms with van der Waals surface area (Å²) in [5.74, 6) is -0.622. The number of rotatable bonds is 10. The number of hydrogen-bond acceptors (Lipinski definition) is 8. The molecule has 4 aromatic rings. The monoisotopic (exact) mass is 699 g/mol. The van der Waals surface area contributed by atoms with Crippen molar-refractivity contribution < 1.29 is 33.3 Å². The van der Waals surface area contributed by atoms with Gasteiger partial charge in [0.05, 0.1) is 43.7 Å². The van der Waals surface area contributed by atoms with E-state index in [2.05, 4.69) is 31.8 Å². The highest BCUT2D eigenvalue weighted by Gasteiger charge is 2.19. The van der Waals surface area contributed by atoms with Gasteiger partial charge in [0.15, 0.2) is 11.5 Å². The van der Waals surface area contributed by atoms with Crippen molar-refractivity contribution in [2.75, 3.05) is 26.6 Å². The first-order valence-electron chi connectivity index (χ1n) is 12.6. The van der Waals surface area contributed by atoms with Crippen LogP contribution in [0.1, 0.15) is 36.6 Å². The predicted octanol–water partition coefficient (Wildman–Crippen LogP) is 7.02. The number of carbonyl (C=O) groups excluding carboxylic acids is 3. The van der Waals surface area contributed by atoms with Gasteiger partial charge in [0.25, 0.3) is 11.8 Å². The van der Waals surface area contributed by atoms with Crippen molar-refractivity contribution >= 4 is 68.8 Å². The third kappa shape index (κ3) is 7.87. The molecule has 44 heavy (non-hydrogen) atoms. The average Bonchev–Trinajstić information content (AvgIpc) is 3.01. The quantitative estimate of drug-likeness (QED) is 0.0789. The second-order valence-corrected chi connectivity index (χ2v) is 10.6. The molecule has 0 spiro atoms. The number of hydrazone groups is 1. The fraction of sp³-hybridized carbons (Fsp3) is 0.0968. The molecule has 2 N–H and O–H groups in total. The van der Waals surface area contributed by atoms with E-state index in [9.17, 15) is 14.4 Å². The largest absolute Gasteiger partial charge is 0.493 e. The van der Waals surface area contributed by atoms with E-state index in [1.807, 2.05) is 0 Å². The molecular weight excluding hydrogens is 677 g/mol. The Balaban J connectivity index is 1.47. The van der Waals surface area contributed by atoms with E-state index in [-0.39, 0.29) is 39.0 Å². The van der Waals surface area contributed by atoms with Crippen LogP contribution in [0.15, 0.2) is 82.4 Å². The number of halogens is 3. The van der Waals surface area contributed by atoms with Crippen LogP contribution in [0.2, 0.25) is 10.0 Å². The molecule has 4 aromatic carbocycles. The molecule has 0 aromatic heterocycles. The maximum absolute atomic E-state index is 13.0. The molecule has 0 fully saturated rings. The number of esters is 1. The van der Waals surface area contributed by atoms with Crippen molar-refractivity contribution in [1.82, 2.24) is 5.43 Å². The molecule has 2 amide bonds. The first kappa shape index (κ1) is 32.3. The van der Waals surface area contributed by atoms with E-state index in [1.165, 1.54) is 57.9 Å². The normalized spacial score (nSPS) is 10.7. The standard InChI is InChI=1S/C31H24BrCl2N3O7/c1-41-26-13-18(14-27(42-2)28(26)43-3)31(40)44-25-10-7-20(32)11-19(25)16-35-37-29(38)17-5-4-6-22(12-17)36-30(39)23-9-8-21(33)15-24(23)34/h4-16H,1-3H3,(H,36,39)(H,37,38). The number of nitrogens with zero attached hydrogens (tertiary/aromatic N) is 1. The maximum atomic E-state index is 13.0. The van der Waals surface area contributed by atoms with Crippen LogP contribution in [0.4, 0.5) is 5.69 Å². The number of amides is 2. The van der Waals surface area contributed by atoms with E-state index < -0.39 is 17.8 Å². The Hall–Kier alpha value is -4.58. The third-order valence-corrected chi connectivity index (χ3v) is 7.04. The molecular formula is C31H24BrCl2N3O7. The average molecular weight is 701 g/mol. The number of ether oxygens (including phenoxy) is 4. The SMILES string of the molecule is COc1cc(C(=O)Oc2ccc(Br)cc2C=NNC(=O)c2cccc(NC(=O)c3ccc(Cl)cc3Cl)c2)cc(OC)c1OC. The van der Waals surface area contributed by atoms with Crippen LogP contribution in [0.3, 0.4) is 0 Å². The summed E-state index contributed by atoms with van der Waals surface area (Å²) < 4.78 is 22.2. The molecule has 0 saturated heterocycles. The molecule has 0 aliphatic heterocycles. The van der Waals surface area contributed by atoms with Gasteiger partial charge in [-0.25, -0.2) is 10.2 Å². The summed E-state index contributed by atoms with van der Waals surface area (Å²) in [4.78, 5) is 38.5. The van der Waals surface area contributed by atoms with E-state index in [1.54, 1.807) is 42.5 Å². The lowest BCUT2D eigenvalue weighted by Gasteiger charge is -2.14. The van der Waals surface area contributed by atoms with Crippen molar-refractivity contribution in [2.45, 2.75) is 0 Å². The highest BCUT2D eigenvalue weighted by molar-refractivity contribution is 9.10. The Morgan fingerprint density at radius 1 is 0.795 bits per heavy atom. The molecule has 0 aliphatic carbocycles. The van der Waals surface area contributed by atoms with Crippen LogP contribution in [0.5, 0.6) is 23.0 Å². The molecule has 0 unspecified atom stereocenters. The van der Waals surface area contributed by atoms with Crippen molar-refractivity contribution in [2.24, 2.45) is 5.10 Å². The number of anilines is 1. The zero-order chi connectivity index (χ0) is 31.8. The van der Waals surface area contributed by atoms with E-state index >= 15 is 0 Å². The summed E-state index contributed by atoms with van der Waals surface area (Å²) in [5.41, 5.74) is 3.80. The van der Waals surface area contributed by atoms with Gasteiger partial charge in [-0.2, -0.15) is 5.10 Å². The highest BCUT2D eigenvalue weighted by atomic mass is 79.9. The van der Waals surface area contributed by atoms with Gasteiger partial charge in [-0.15, -0.1) is 0 Å². The zero-order valence-electron chi connectivity index (χ0n) is 23.4. The van der Waals surface area contributed by atoms with Gasteiger partial charge in [0.1, 0.15) is 5.75 Å². The summed E-state index contributed by atoms with van der Waals surface area (Å²) >= 11 is 15.4. The predicted molar refractivity (Wildman–Crippen MR) is 171 cm³/mol. The molecule has 0 bridgehead atoms. The summed E-state index contributed by atoms with van der Waals surface area (Å²) in [6.45, 7) is 0. The molecule has 0 heterocycles. The van der Waals surface area contributed by atoms with Gasteiger partial charge in [-0.05, 0) is 66.7 Å². The number of nitrogens with one attached hydrogen (secondary N) is 2. The van der Waals surface area contributed by atoms with Gasteiger partial charge in [-0.3, -0.25) is 9.59 Å². The number of carbonyl (C=O) groups is 3. The van der Waals surface area contributed by atoms with Gasteiger partial charge >= 0.3 is 5.97 Å². The lowest BCUT2D eigenvalue weighted by molar-refractivity contribution is 0.0733. The van der Waals surface area contributed by atoms with E-state index in [0.29, 0.717) is 26.5 Å². The molecule has 4 rings (SSSR count). The number of benzene rings is 4. The second kappa shape index (κ2) is 14.7. The topological polar surface area (TPSA) is 125 Å². The highest BCUT2D eigenvalue weighted by Crippen LogP contribution is 2.38. The molecule has 0 aliphatic rings. The molecule has 0 atom stereocenters. The Labute approximate surface area is 271 Å². The van der Waals surface area contributed by atoms with Crippen LogP contribution in [-0.2, 0) is 0 Å². The Kier molecular flexibility index (Phi) is 10.8.